The maximum Gasteiger partial charge on any atom is 0.359 e. The maximum absolute atomic E-state index is 11.9. The summed E-state index contributed by atoms with van der Waals surface area (Å²) in [5.41, 5.74) is 7.24. The SMILES string of the molecule is COCC(C)OC(=O)c1n[nH]c2ccc(N)cc12. The number of hydrogen-bond donors (Lipinski definition) is 2. The smallest absolute Gasteiger partial charge is 0.359 e. The first-order valence-electron chi connectivity index (χ1n) is 5.55. The van der Waals surface area contributed by atoms with Gasteiger partial charge >= 0.3 is 5.97 Å². The van der Waals surface area contributed by atoms with Crippen LogP contribution in [0.25, 0.3) is 10.9 Å². The topological polar surface area (TPSA) is 90.2 Å². The Morgan fingerprint density at radius 3 is 3.06 bits per heavy atom. The average Bonchev–Trinajstić information content (AvgIpc) is 2.71. The summed E-state index contributed by atoms with van der Waals surface area (Å²) in [6.07, 6.45) is -0.324. The van der Waals surface area contributed by atoms with Crippen LogP contribution in [0.5, 0.6) is 0 Å². The van der Waals surface area contributed by atoms with Gasteiger partial charge in [-0.15, -0.1) is 0 Å². The lowest BCUT2D eigenvalue weighted by molar-refractivity contribution is 0.0116. The van der Waals surface area contributed by atoms with Gasteiger partial charge in [0.2, 0.25) is 0 Å². The number of aromatic amines is 1. The number of fused-ring (bicyclic) bond motifs is 1. The normalized spacial score (nSPS) is 12.6. The van der Waals surface area contributed by atoms with Crippen LogP contribution in [0.15, 0.2) is 18.2 Å². The molecule has 1 aromatic carbocycles. The number of benzene rings is 1. The summed E-state index contributed by atoms with van der Waals surface area (Å²) in [5, 5.41) is 7.37. The molecule has 0 aliphatic heterocycles. The number of aromatic nitrogens is 2. The van der Waals surface area contributed by atoms with E-state index in [1.165, 1.54) is 0 Å². The number of nitrogen functional groups attached to an aromatic ring is 1. The summed E-state index contributed by atoms with van der Waals surface area (Å²) in [6.45, 7) is 2.10. The molecule has 3 N–H and O–H groups in total. The summed E-state index contributed by atoms with van der Waals surface area (Å²) in [6, 6.07) is 5.20. The van der Waals surface area contributed by atoms with Crippen molar-refractivity contribution in [3.05, 3.63) is 23.9 Å². The lowest BCUT2D eigenvalue weighted by atomic mass is 10.2. The third-order valence-electron chi connectivity index (χ3n) is 2.49. The van der Waals surface area contributed by atoms with Gasteiger partial charge in [-0.2, -0.15) is 5.10 Å². The van der Waals surface area contributed by atoms with Crippen molar-refractivity contribution in [1.29, 1.82) is 0 Å². The fourth-order valence-corrected chi connectivity index (χ4v) is 1.69. The highest BCUT2D eigenvalue weighted by atomic mass is 16.6. The van der Waals surface area contributed by atoms with E-state index >= 15 is 0 Å². The number of anilines is 1. The first-order valence-corrected chi connectivity index (χ1v) is 5.55. The highest BCUT2D eigenvalue weighted by molar-refractivity contribution is 6.02. The van der Waals surface area contributed by atoms with Crippen molar-refractivity contribution in [2.75, 3.05) is 19.5 Å². The van der Waals surface area contributed by atoms with E-state index in [1.54, 1.807) is 32.2 Å². The van der Waals surface area contributed by atoms with E-state index in [9.17, 15) is 4.79 Å². The molecule has 6 nitrogen and oxygen atoms in total. The molecule has 0 radical (unpaired) electrons. The van der Waals surface area contributed by atoms with Crippen molar-refractivity contribution < 1.29 is 14.3 Å². The van der Waals surface area contributed by atoms with Crippen LogP contribution in [-0.4, -0.2) is 36.0 Å². The Labute approximate surface area is 104 Å². The molecular formula is C12H15N3O3. The number of nitrogens with two attached hydrogens (primary N) is 1. The van der Waals surface area contributed by atoms with Crippen molar-refractivity contribution >= 4 is 22.6 Å². The molecule has 6 heteroatoms. The molecule has 0 aliphatic rings. The molecule has 96 valence electrons. The molecule has 18 heavy (non-hydrogen) atoms. The number of carbonyl (C=O) groups is 1. The molecule has 0 amide bonds. The third kappa shape index (κ3) is 2.43. The molecule has 0 saturated heterocycles. The number of carbonyl (C=O) groups excluding carboxylic acids is 1. The van der Waals surface area contributed by atoms with Crippen LogP contribution in [0.3, 0.4) is 0 Å². The summed E-state index contributed by atoms with van der Waals surface area (Å²) in [4.78, 5) is 11.9. The second-order valence-electron chi connectivity index (χ2n) is 4.05. The summed E-state index contributed by atoms with van der Waals surface area (Å²) >= 11 is 0. The monoisotopic (exact) mass is 249 g/mol. The van der Waals surface area contributed by atoms with Gasteiger partial charge < -0.3 is 15.2 Å². The summed E-state index contributed by atoms with van der Waals surface area (Å²) in [7, 11) is 1.55. The average molecular weight is 249 g/mol. The lowest BCUT2D eigenvalue weighted by Crippen LogP contribution is -2.20. The predicted octanol–water partition coefficient (Wildman–Crippen LogP) is 1.34. The molecule has 1 atom stereocenters. The van der Waals surface area contributed by atoms with Gasteiger partial charge in [-0.1, -0.05) is 0 Å². The van der Waals surface area contributed by atoms with Crippen LogP contribution in [0.2, 0.25) is 0 Å². The second-order valence-corrected chi connectivity index (χ2v) is 4.05. The molecule has 1 heterocycles. The number of methoxy groups -OCH3 is 1. The highest BCUT2D eigenvalue weighted by Gasteiger charge is 2.18. The highest BCUT2D eigenvalue weighted by Crippen LogP contribution is 2.19. The standard InChI is InChI=1S/C12H15N3O3/c1-7(6-17-2)18-12(16)11-9-5-8(13)3-4-10(9)14-15-11/h3-5,7H,6,13H2,1-2H3,(H,14,15). The largest absolute Gasteiger partial charge is 0.455 e. The Kier molecular flexibility index (Phi) is 3.47. The van der Waals surface area contributed by atoms with Crippen LogP contribution in [0, 0.1) is 0 Å². The molecule has 0 fully saturated rings. The number of esters is 1. The zero-order valence-electron chi connectivity index (χ0n) is 10.3. The molecule has 0 aliphatic carbocycles. The van der Waals surface area contributed by atoms with Crippen LogP contribution in [0.4, 0.5) is 5.69 Å². The number of nitrogens with one attached hydrogen (secondary N) is 1. The molecule has 0 spiro atoms. The number of rotatable bonds is 4. The molecule has 2 rings (SSSR count). The molecular weight excluding hydrogens is 234 g/mol. The Bertz CT molecular complexity index is 565. The lowest BCUT2D eigenvalue weighted by Gasteiger charge is -2.10. The van der Waals surface area contributed by atoms with Gasteiger partial charge in [0.1, 0.15) is 6.10 Å². The predicted molar refractivity (Wildman–Crippen MR) is 67.3 cm³/mol. The maximum atomic E-state index is 11.9. The number of hydrogen-bond acceptors (Lipinski definition) is 5. The van der Waals surface area contributed by atoms with Crippen molar-refractivity contribution in [2.24, 2.45) is 0 Å². The first kappa shape index (κ1) is 12.4. The van der Waals surface area contributed by atoms with Gasteiger partial charge in [-0.3, -0.25) is 5.10 Å². The minimum absolute atomic E-state index is 0.236. The molecule has 0 saturated carbocycles. The van der Waals surface area contributed by atoms with Crippen LogP contribution >= 0.6 is 0 Å². The Balaban J connectivity index is 2.25. The second kappa shape index (κ2) is 5.05. The van der Waals surface area contributed by atoms with Crippen LogP contribution in [-0.2, 0) is 9.47 Å². The number of H-pyrrole nitrogens is 1. The fourth-order valence-electron chi connectivity index (χ4n) is 1.69. The van der Waals surface area contributed by atoms with Crippen molar-refractivity contribution in [3.63, 3.8) is 0 Å². The first-order chi connectivity index (χ1) is 8.61. The zero-order valence-corrected chi connectivity index (χ0v) is 10.3. The van der Waals surface area contributed by atoms with E-state index in [1.807, 2.05) is 0 Å². The summed E-state index contributed by atoms with van der Waals surface area (Å²) in [5.74, 6) is -0.489. The Morgan fingerprint density at radius 1 is 1.56 bits per heavy atom. The minimum Gasteiger partial charge on any atom is -0.455 e. The van der Waals surface area contributed by atoms with E-state index in [4.69, 9.17) is 15.2 Å². The van der Waals surface area contributed by atoms with Gasteiger partial charge in [0.05, 0.1) is 12.1 Å². The van der Waals surface area contributed by atoms with Crippen LogP contribution in [0.1, 0.15) is 17.4 Å². The van der Waals surface area contributed by atoms with Crippen LogP contribution < -0.4 is 5.73 Å². The van der Waals surface area contributed by atoms with Crippen molar-refractivity contribution in [3.8, 4) is 0 Å². The molecule has 1 aromatic heterocycles. The van der Waals surface area contributed by atoms with E-state index < -0.39 is 5.97 Å². The third-order valence-corrected chi connectivity index (χ3v) is 2.49. The minimum atomic E-state index is -0.489. The number of nitrogens with zero attached hydrogens (tertiary/aromatic N) is 1. The number of ether oxygens (including phenoxy) is 2. The quantitative estimate of drug-likeness (QED) is 0.630. The van der Waals surface area contributed by atoms with Gasteiger partial charge in [0, 0.05) is 18.2 Å². The summed E-state index contributed by atoms with van der Waals surface area (Å²) < 4.78 is 10.1. The van der Waals surface area contributed by atoms with Gasteiger partial charge in [-0.05, 0) is 25.1 Å². The van der Waals surface area contributed by atoms with Crippen molar-refractivity contribution in [1.82, 2.24) is 10.2 Å². The van der Waals surface area contributed by atoms with E-state index in [-0.39, 0.29) is 11.8 Å². The zero-order chi connectivity index (χ0) is 13.1. The van der Waals surface area contributed by atoms with Gasteiger partial charge in [-0.25, -0.2) is 4.79 Å². The molecule has 0 bridgehead atoms. The Morgan fingerprint density at radius 2 is 2.33 bits per heavy atom. The fraction of sp³-hybridized carbons (Fsp3) is 0.333. The molecule has 1 unspecified atom stereocenters. The van der Waals surface area contributed by atoms with Crippen molar-refractivity contribution in [2.45, 2.75) is 13.0 Å². The van der Waals surface area contributed by atoms with E-state index in [2.05, 4.69) is 10.2 Å². The molecule has 2 aromatic rings. The Hall–Kier alpha value is -2.08. The van der Waals surface area contributed by atoms with Gasteiger partial charge in [0.25, 0.3) is 0 Å². The van der Waals surface area contributed by atoms with E-state index in [0.29, 0.717) is 17.7 Å². The van der Waals surface area contributed by atoms with Gasteiger partial charge in [0.15, 0.2) is 5.69 Å². The van der Waals surface area contributed by atoms with E-state index in [0.717, 1.165) is 5.52 Å².